The molecular weight excluding hydrogens is 228 g/mol. The van der Waals surface area contributed by atoms with E-state index in [-0.39, 0.29) is 0 Å². The smallest absolute Gasteiger partial charge is 0.0331 e. The van der Waals surface area contributed by atoms with Crippen molar-refractivity contribution < 1.29 is 0 Å². The first kappa shape index (κ1) is 14.4. The molecule has 96 valence electrons. The van der Waals surface area contributed by atoms with Crippen LogP contribution in [0.2, 0.25) is 0 Å². The molecule has 0 saturated carbocycles. The molecule has 0 aromatic carbocycles. The van der Waals surface area contributed by atoms with E-state index in [2.05, 4.69) is 42.8 Å². The quantitative estimate of drug-likeness (QED) is 0.536. The maximum atomic E-state index is 3.80. The zero-order valence-electron chi connectivity index (χ0n) is 11.0. The van der Waals surface area contributed by atoms with Crippen LogP contribution in [0.25, 0.3) is 0 Å². The predicted octanol–water partition coefficient (Wildman–Crippen LogP) is 3.26. The van der Waals surface area contributed by atoms with Crippen LogP contribution in [0, 0.1) is 0 Å². The van der Waals surface area contributed by atoms with E-state index in [0.29, 0.717) is 0 Å². The Morgan fingerprint density at radius 1 is 1.35 bits per heavy atom. The Hall–Kier alpha value is -0.640. The summed E-state index contributed by atoms with van der Waals surface area (Å²) in [5.74, 6) is 0. The standard InChI is InChI=1S/C14H24N2S/c1-4-9-15-11-13-7-8-14(17-13)12-16(6-3)10-5-2/h5,7-8,15H,2,4,6,9-12H2,1,3H3. The fraction of sp³-hybridized carbons (Fsp3) is 0.571. The van der Waals surface area contributed by atoms with Crippen molar-refractivity contribution in [2.45, 2.75) is 33.4 Å². The molecule has 2 nitrogen and oxygen atoms in total. The lowest BCUT2D eigenvalue weighted by atomic mass is 10.3. The molecule has 0 saturated heterocycles. The van der Waals surface area contributed by atoms with Crippen molar-refractivity contribution in [2.24, 2.45) is 0 Å². The molecule has 0 radical (unpaired) electrons. The Kier molecular flexibility index (Phi) is 7.17. The van der Waals surface area contributed by atoms with Gasteiger partial charge in [0.15, 0.2) is 0 Å². The number of rotatable bonds is 9. The van der Waals surface area contributed by atoms with Crippen molar-refractivity contribution in [3.05, 3.63) is 34.5 Å². The molecule has 1 aromatic heterocycles. The van der Waals surface area contributed by atoms with Gasteiger partial charge in [-0.05, 0) is 31.6 Å². The lowest BCUT2D eigenvalue weighted by Crippen LogP contribution is -2.22. The van der Waals surface area contributed by atoms with Gasteiger partial charge in [-0.2, -0.15) is 0 Å². The van der Waals surface area contributed by atoms with Crippen LogP contribution in [0.4, 0.5) is 0 Å². The molecule has 17 heavy (non-hydrogen) atoms. The van der Waals surface area contributed by atoms with Crippen molar-refractivity contribution >= 4 is 11.3 Å². The maximum absolute atomic E-state index is 3.80. The topological polar surface area (TPSA) is 15.3 Å². The Balaban J connectivity index is 2.41. The highest BCUT2D eigenvalue weighted by molar-refractivity contribution is 7.11. The molecular formula is C14H24N2S. The fourth-order valence-corrected chi connectivity index (χ4v) is 2.73. The highest BCUT2D eigenvalue weighted by atomic mass is 32.1. The monoisotopic (exact) mass is 252 g/mol. The van der Waals surface area contributed by atoms with Crippen LogP contribution in [0.5, 0.6) is 0 Å². The number of hydrogen-bond donors (Lipinski definition) is 1. The second-order valence-corrected chi connectivity index (χ2v) is 5.41. The molecule has 1 aromatic rings. The van der Waals surface area contributed by atoms with Gasteiger partial charge in [0.2, 0.25) is 0 Å². The van der Waals surface area contributed by atoms with Gasteiger partial charge in [-0.25, -0.2) is 0 Å². The highest BCUT2D eigenvalue weighted by Gasteiger charge is 2.04. The minimum absolute atomic E-state index is 0.970. The van der Waals surface area contributed by atoms with E-state index in [1.165, 1.54) is 16.2 Å². The predicted molar refractivity (Wildman–Crippen MR) is 77.5 cm³/mol. The summed E-state index contributed by atoms with van der Waals surface area (Å²) in [5.41, 5.74) is 0. The number of thiophene rings is 1. The minimum atomic E-state index is 0.970. The molecule has 1 rings (SSSR count). The number of nitrogens with zero attached hydrogens (tertiary/aromatic N) is 1. The van der Waals surface area contributed by atoms with Gasteiger partial charge in [-0.3, -0.25) is 4.90 Å². The zero-order chi connectivity index (χ0) is 12.5. The first-order valence-electron chi connectivity index (χ1n) is 6.41. The Bertz CT molecular complexity index is 320. The molecule has 0 aliphatic carbocycles. The van der Waals surface area contributed by atoms with Crippen LogP contribution >= 0.6 is 11.3 Å². The first-order chi connectivity index (χ1) is 8.30. The normalized spacial score (nSPS) is 11.0. The van der Waals surface area contributed by atoms with Crippen LogP contribution < -0.4 is 5.32 Å². The van der Waals surface area contributed by atoms with Crippen LogP contribution in [-0.4, -0.2) is 24.5 Å². The minimum Gasteiger partial charge on any atom is -0.312 e. The third-order valence-corrected chi connectivity index (χ3v) is 3.73. The summed E-state index contributed by atoms with van der Waals surface area (Å²) >= 11 is 1.91. The summed E-state index contributed by atoms with van der Waals surface area (Å²) in [6.07, 6.45) is 3.17. The molecule has 1 heterocycles. The third-order valence-electron chi connectivity index (χ3n) is 2.66. The number of hydrogen-bond acceptors (Lipinski definition) is 3. The molecule has 0 bridgehead atoms. The van der Waals surface area contributed by atoms with Gasteiger partial charge in [0.1, 0.15) is 0 Å². The summed E-state index contributed by atoms with van der Waals surface area (Å²) in [6, 6.07) is 4.49. The van der Waals surface area contributed by atoms with E-state index >= 15 is 0 Å². The van der Waals surface area contributed by atoms with E-state index < -0.39 is 0 Å². The second kappa shape index (κ2) is 8.45. The molecule has 0 aliphatic rings. The Morgan fingerprint density at radius 3 is 2.76 bits per heavy atom. The summed E-state index contributed by atoms with van der Waals surface area (Å²) in [5, 5.41) is 3.44. The molecule has 0 atom stereocenters. The average molecular weight is 252 g/mol. The summed E-state index contributed by atoms with van der Waals surface area (Å²) in [7, 11) is 0. The van der Waals surface area contributed by atoms with Gasteiger partial charge >= 0.3 is 0 Å². The van der Waals surface area contributed by atoms with Crippen LogP contribution in [-0.2, 0) is 13.1 Å². The lowest BCUT2D eigenvalue weighted by Gasteiger charge is -2.16. The van der Waals surface area contributed by atoms with E-state index in [9.17, 15) is 0 Å². The van der Waals surface area contributed by atoms with Gasteiger partial charge in [-0.1, -0.05) is 19.9 Å². The molecule has 0 fully saturated rings. The number of nitrogens with one attached hydrogen (secondary N) is 1. The van der Waals surface area contributed by atoms with E-state index in [0.717, 1.165) is 32.7 Å². The Labute approximate surface area is 109 Å². The van der Waals surface area contributed by atoms with Crippen molar-refractivity contribution in [2.75, 3.05) is 19.6 Å². The largest absolute Gasteiger partial charge is 0.312 e. The van der Waals surface area contributed by atoms with Gasteiger partial charge in [0.25, 0.3) is 0 Å². The van der Waals surface area contributed by atoms with Gasteiger partial charge < -0.3 is 5.32 Å². The van der Waals surface area contributed by atoms with Gasteiger partial charge in [-0.15, -0.1) is 17.9 Å². The van der Waals surface area contributed by atoms with Crippen molar-refractivity contribution in [3.8, 4) is 0 Å². The van der Waals surface area contributed by atoms with Crippen molar-refractivity contribution in [1.29, 1.82) is 0 Å². The summed E-state index contributed by atoms with van der Waals surface area (Å²) < 4.78 is 0. The lowest BCUT2D eigenvalue weighted by molar-refractivity contribution is 0.314. The van der Waals surface area contributed by atoms with Crippen LogP contribution in [0.3, 0.4) is 0 Å². The molecule has 0 amide bonds. The van der Waals surface area contributed by atoms with Crippen molar-refractivity contribution in [3.63, 3.8) is 0 Å². The molecule has 0 aliphatic heterocycles. The van der Waals surface area contributed by atoms with Crippen LogP contribution in [0.15, 0.2) is 24.8 Å². The molecule has 1 N–H and O–H groups in total. The van der Waals surface area contributed by atoms with E-state index in [1.54, 1.807) is 0 Å². The summed E-state index contributed by atoms with van der Waals surface area (Å²) in [6.45, 7) is 13.4. The van der Waals surface area contributed by atoms with E-state index in [1.807, 2.05) is 17.4 Å². The number of likely N-dealkylation sites (N-methyl/N-ethyl adjacent to an activating group) is 1. The van der Waals surface area contributed by atoms with Crippen LogP contribution in [0.1, 0.15) is 30.0 Å². The molecule has 0 unspecified atom stereocenters. The molecule has 0 spiro atoms. The third kappa shape index (κ3) is 5.48. The average Bonchev–Trinajstić information content (AvgIpc) is 2.77. The van der Waals surface area contributed by atoms with Crippen molar-refractivity contribution in [1.82, 2.24) is 10.2 Å². The highest BCUT2D eigenvalue weighted by Crippen LogP contribution is 2.18. The fourth-order valence-electron chi connectivity index (χ4n) is 1.70. The zero-order valence-corrected chi connectivity index (χ0v) is 11.9. The second-order valence-electron chi connectivity index (χ2n) is 4.16. The SMILES string of the molecule is C=CCN(CC)Cc1ccc(CNCCC)s1. The molecule has 3 heteroatoms. The van der Waals surface area contributed by atoms with Gasteiger partial charge in [0, 0.05) is 29.4 Å². The Morgan fingerprint density at radius 2 is 2.12 bits per heavy atom. The maximum Gasteiger partial charge on any atom is 0.0331 e. The van der Waals surface area contributed by atoms with Gasteiger partial charge in [0.05, 0.1) is 0 Å². The van der Waals surface area contributed by atoms with E-state index in [4.69, 9.17) is 0 Å². The summed E-state index contributed by atoms with van der Waals surface area (Å²) in [4.78, 5) is 5.27. The first-order valence-corrected chi connectivity index (χ1v) is 7.23.